The van der Waals surface area contributed by atoms with Crippen LogP contribution in [0.15, 0.2) is 11.6 Å². The van der Waals surface area contributed by atoms with E-state index < -0.39 is 13.9 Å². The van der Waals surface area contributed by atoms with Crippen molar-refractivity contribution in [2.24, 2.45) is 28.6 Å². The van der Waals surface area contributed by atoms with Gasteiger partial charge in [0.2, 0.25) is 0 Å². The lowest BCUT2D eigenvalue weighted by molar-refractivity contribution is -0.118. The van der Waals surface area contributed by atoms with Gasteiger partial charge in [0.25, 0.3) is 0 Å². The Labute approximate surface area is 165 Å². The van der Waals surface area contributed by atoms with Gasteiger partial charge in [0.15, 0.2) is 14.1 Å². The average Bonchev–Trinajstić information content (AvgIpc) is 2.87. The summed E-state index contributed by atoms with van der Waals surface area (Å²) in [6, 6.07) is 2.70. The molecule has 0 amide bonds. The van der Waals surface area contributed by atoms with Crippen molar-refractivity contribution in [2.45, 2.75) is 90.5 Å². The molecule has 3 fully saturated rings. The van der Waals surface area contributed by atoms with Crippen molar-refractivity contribution >= 4 is 14.1 Å². The van der Waals surface area contributed by atoms with E-state index in [2.05, 4.69) is 39.6 Å². The lowest BCUT2D eigenvalue weighted by atomic mass is 9.46. The topological polar surface area (TPSA) is 50.1 Å². The molecular formula is C23H35NO2Si. The Morgan fingerprint density at radius 1 is 1.07 bits per heavy atom. The standard InChI is InChI=1S/C23H35NO2Si/c1-21-11-8-17(25)14-16(21)6-7-18-19(21)9-12-22(2)20(18)10-13-23(22,15-24)26-27(3,4)5/h14,18-20H,6-13H2,1-5H3/t18?,19?,20?,21-,22-,23-/m0/s1. The van der Waals surface area contributed by atoms with Crippen molar-refractivity contribution in [3.63, 3.8) is 0 Å². The number of allylic oxidation sites excluding steroid dienone is 1. The van der Waals surface area contributed by atoms with E-state index in [0.717, 1.165) is 32.1 Å². The number of nitrogens with zero attached hydrogens (tertiary/aromatic N) is 1. The number of fused-ring (bicyclic) bond motifs is 5. The van der Waals surface area contributed by atoms with Gasteiger partial charge in [-0.25, -0.2) is 0 Å². The number of nitriles is 1. The molecule has 27 heavy (non-hydrogen) atoms. The number of ketones is 1. The van der Waals surface area contributed by atoms with Gasteiger partial charge in [0, 0.05) is 11.8 Å². The SMILES string of the molecule is C[C@]12CCC(=O)C=C1CCC1C2CC[C@@]2(C)C1CC[C@@]2(C#N)O[Si](C)(C)C. The van der Waals surface area contributed by atoms with E-state index in [9.17, 15) is 10.1 Å². The third-order valence-electron chi connectivity index (χ3n) is 8.74. The molecule has 0 saturated heterocycles. The summed E-state index contributed by atoms with van der Waals surface area (Å²) < 4.78 is 6.66. The van der Waals surface area contributed by atoms with E-state index in [1.165, 1.54) is 18.4 Å². The van der Waals surface area contributed by atoms with Crippen LogP contribution in [0, 0.1) is 39.9 Å². The molecule has 0 aromatic heterocycles. The maximum atomic E-state index is 12.0. The lowest BCUT2D eigenvalue weighted by Gasteiger charge is -2.59. The highest BCUT2D eigenvalue weighted by atomic mass is 28.4. The number of carbonyl (C=O) groups excluding carboxylic acids is 1. The fourth-order valence-electron chi connectivity index (χ4n) is 7.45. The van der Waals surface area contributed by atoms with Crippen LogP contribution < -0.4 is 0 Å². The van der Waals surface area contributed by atoms with Gasteiger partial charge in [-0.05, 0) is 93.8 Å². The molecule has 3 nitrogen and oxygen atoms in total. The van der Waals surface area contributed by atoms with Crippen LogP contribution >= 0.6 is 0 Å². The highest BCUT2D eigenvalue weighted by molar-refractivity contribution is 6.69. The number of carbonyl (C=O) groups is 1. The first-order valence-electron chi connectivity index (χ1n) is 10.9. The van der Waals surface area contributed by atoms with Crippen LogP contribution in [0.5, 0.6) is 0 Å². The van der Waals surface area contributed by atoms with Crippen LogP contribution in [0.3, 0.4) is 0 Å². The molecule has 0 aromatic rings. The Hall–Kier alpha value is -0.923. The van der Waals surface area contributed by atoms with Crippen molar-refractivity contribution in [1.29, 1.82) is 5.26 Å². The molecule has 0 bridgehead atoms. The zero-order chi connectivity index (χ0) is 19.7. The molecule has 0 N–H and O–H groups in total. The maximum absolute atomic E-state index is 12.0. The first-order valence-corrected chi connectivity index (χ1v) is 14.3. The van der Waals surface area contributed by atoms with Crippen LogP contribution in [0.4, 0.5) is 0 Å². The molecule has 0 aliphatic heterocycles. The van der Waals surface area contributed by atoms with E-state index in [0.29, 0.717) is 30.0 Å². The van der Waals surface area contributed by atoms with E-state index in [1.807, 2.05) is 6.08 Å². The Morgan fingerprint density at radius 3 is 2.44 bits per heavy atom. The quantitative estimate of drug-likeness (QED) is 0.579. The molecule has 0 spiro atoms. The van der Waals surface area contributed by atoms with Gasteiger partial charge in [-0.3, -0.25) is 4.79 Å². The summed E-state index contributed by atoms with van der Waals surface area (Å²) in [5.41, 5.74) is 1.01. The van der Waals surface area contributed by atoms with Crippen molar-refractivity contribution in [2.75, 3.05) is 0 Å². The average molecular weight is 386 g/mol. The molecule has 4 aliphatic rings. The zero-order valence-corrected chi connectivity index (χ0v) is 18.7. The van der Waals surface area contributed by atoms with Crippen LogP contribution in [-0.4, -0.2) is 19.7 Å². The summed E-state index contributed by atoms with van der Waals surface area (Å²) in [5.74, 6) is 2.27. The second-order valence-electron chi connectivity index (χ2n) is 11.1. The molecule has 3 saturated carbocycles. The number of hydrogen-bond donors (Lipinski definition) is 0. The first kappa shape index (κ1) is 19.4. The molecule has 4 rings (SSSR count). The Morgan fingerprint density at radius 2 is 1.78 bits per heavy atom. The van der Waals surface area contributed by atoms with Gasteiger partial charge in [0.05, 0.1) is 6.07 Å². The normalized spacial score (nSPS) is 46.7. The fourth-order valence-corrected chi connectivity index (χ4v) is 8.88. The van der Waals surface area contributed by atoms with Gasteiger partial charge in [-0.1, -0.05) is 19.4 Å². The van der Waals surface area contributed by atoms with Crippen molar-refractivity contribution in [3.05, 3.63) is 11.6 Å². The Balaban J connectivity index is 1.68. The highest BCUT2D eigenvalue weighted by Gasteiger charge is 2.66. The van der Waals surface area contributed by atoms with Crippen molar-refractivity contribution < 1.29 is 9.22 Å². The van der Waals surface area contributed by atoms with E-state index in [4.69, 9.17) is 4.43 Å². The van der Waals surface area contributed by atoms with Crippen LogP contribution in [-0.2, 0) is 9.22 Å². The lowest BCUT2D eigenvalue weighted by Crippen LogP contribution is -2.57. The van der Waals surface area contributed by atoms with Gasteiger partial charge in [0.1, 0.15) is 5.60 Å². The molecular weight excluding hydrogens is 350 g/mol. The summed E-state index contributed by atoms with van der Waals surface area (Å²) in [6.45, 7) is 11.4. The molecule has 4 aliphatic carbocycles. The second kappa shape index (κ2) is 6.04. The molecule has 0 heterocycles. The second-order valence-corrected chi connectivity index (χ2v) is 15.5. The zero-order valence-electron chi connectivity index (χ0n) is 17.7. The van der Waals surface area contributed by atoms with Gasteiger partial charge in [-0.15, -0.1) is 0 Å². The molecule has 0 radical (unpaired) electrons. The predicted molar refractivity (Wildman–Crippen MR) is 109 cm³/mol. The summed E-state index contributed by atoms with van der Waals surface area (Å²) in [7, 11) is -1.80. The molecule has 6 atom stereocenters. The molecule has 148 valence electrons. The first-order chi connectivity index (χ1) is 12.5. The summed E-state index contributed by atoms with van der Waals surface area (Å²) in [4.78, 5) is 12.0. The van der Waals surface area contributed by atoms with E-state index in [-0.39, 0.29) is 10.8 Å². The van der Waals surface area contributed by atoms with Crippen LogP contribution in [0.1, 0.15) is 65.2 Å². The largest absolute Gasteiger partial charge is 0.399 e. The maximum Gasteiger partial charge on any atom is 0.185 e. The Bertz CT molecular complexity index is 732. The van der Waals surface area contributed by atoms with Crippen molar-refractivity contribution in [1.82, 2.24) is 0 Å². The smallest absolute Gasteiger partial charge is 0.185 e. The third-order valence-corrected chi connectivity index (χ3v) is 9.70. The van der Waals surface area contributed by atoms with Gasteiger partial charge >= 0.3 is 0 Å². The van der Waals surface area contributed by atoms with Crippen LogP contribution in [0.2, 0.25) is 19.6 Å². The number of rotatable bonds is 2. The van der Waals surface area contributed by atoms with Crippen LogP contribution in [0.25, 0.3) is 0 Å². The molecule has 4 heteroatoms. The minimum Gasteiger partial charge on any atom is -0.399 e. The minimum absolute atomic E-state index is 0.0226. The van der Waals surface area contributed by atoms with Gasteiger partial charge < -0.3 is 4.43 Å². The molecule has 3 unspecified atom stereocenters. The van der Waals surface area contributed by atoms with Gasteiger partial charge in [-0.2, -0.15) is 5.26 Å². The monoisotopic (exact) mass is 385 g/mol. The molecule has 0 aromatic carbocycles. The van der Waals surface area contributed by atoms with E-state index >= 15 is 0 Å². The summed E-state index contributed by atoms with van der Waals surface area (Å²) in [5, 5.41) is 10.2. The summed E-state index contributed by atoms with van der Waals surface area (Å²) >= 11 is 0. The highest BCUT2D eigenvalue weighted by Crippen LogP contribution is 2.68. The summed E-state index contributed by atoms with van der Waals surface area (Å²) in [6.07, 6.45) is 10.3. The van der Waals surface area contributed by atoms with E-state index in [1.54, 1.807) is 0 Å². The Kier molecular flexibility index (Phi) is 4.34. The number of hydrogen-bond acceptors (Lipinski definition) is 3. The van der Waals surface area contributed by atoms with Crippen molar-refractivity contribution in [3.8, 4) is 6.07 Å². The fraction of sp³-hybridized carbons (Fsp3) is 0.826. The predicted octanol–water partition coefficient (Wildman–Crippen LogP) is 5.63. The third kappa shape index (κ3) is 2.72. The minimum atomic E-state index is -1.80.